The van der Waals surface area contributed by atoms with Crippen molar-refractivity contribution in [3.63, 3.8) is 0 Å². The number of hydrogen-bond donors (Lipinski definition) is 0. The first-order chi connectivity index (χ1) is 5.08. The molecule has 0 N–H and O–H groups in total. The third-order valence-electron chi connectivity index (χ3n) is 1.48. The Morgan fingerprint density at radius 1 is 1.45 bits per heavy atom. The van der Waals surface area contributed by atoms with Crippen molar-refractivity contribution in [3.05, 3.63) is 11.8 Å². The lowest BCUT2D eigenvalue weighted by atomic mass is 10.1. The van der Waals surface area contributed by atoms with Crippen molar-refractivity contribution in [3.8, 4) is 0 Å². The van der Waals surface area contributed by atoms with Gasteiger partial charge in [0.15, 0.2) is 0 Å². The molecule has 0 amide bonds. The van der Waals surface area contributed by atoms with Crippen LogP contribution >= 0.6 is 7.82 Å². The number of phosphoric ester groups is 1. The fraction of sp³-hybridized carbons (Fsp3) is 0.667. The van der Waals surface area contributed by atoms with Crippen LogP contribution in [0.25, 0.3) is 0 Å². The number of hydrogen-bond acceptors (Lipinski definition) is 4. The monoisotopic (exact) mass is 176 g/mol. The minimum Gasteiger partial charge on any atom is -0.780 e. The molecule has 1 aliphatic carbocycles. The minimum absolute atomic E-state index is 0.310. The lowest BCUT2D eigenvalue weighted by Crippen LogP contribution is -2.16. The summed E-state index contributed by atoms with van der Waals surface area (Å²) in [7, 11) is -4.80. The predicted octanol–water partition coefficient (Wildman–Crippen LogP) is 0.290. The summed E-state index contributed by atoms with van der Waals surface area (Å²) in [5, 5.41) is 0. The highest BCUT2D eigenvalue weighted by molar-refractivity contribution is 7.43. The quantitative estimate of drug-likeness (QED) is 0.567. The molecule has 0 aromatic rings. The van der Waals surface area contributed by atoms with Crippen molar-refractivity contribution in [1.29, 1.82) is 0 Å². The van der Waals surface area contributed by atoms with Crippen LogP contribution in [0.1, 0.15) is 25.7 Å². The molecular formula is C6H9O4P-2. The van der Waals surface area contributed by atoms with Crippen molar-refractivity contribution < 1.29 is 18.9 Å². The first-order valence-corrected chi connectivity index (χ1v) is 4.95. The van der Waals surface area contributed by atoms with Crippen LogP contribution in [0.4, 0.5) is 0 Å². The van der Waals surface area contributed by atoms with Gasteiger partial charge in [0.25, 0.3) is 0 Å². The van der Waals surface area contributed by atoms with Crippen molar-refractivity contribution in [2.45, 2.75) is 25.7 Å². The standard InChI is InChI=1S/C6H11O4P/c7-11(8,9)10-6-4-2-1-3-5-6/h4H,1-3,5H2,(H2,7,8,9)/p-2. The first-order valence-electron chi connectivity index (χ1n) is 3.48. The van der Waals surface area contributed by atoms with Gasteiger partial charge in [-0.1, -0.05) is 0 Å². The molecule has 0 fully saturated rings. The molecule has 0 radical (unpaired) electrons. The fourth-order valence-electron chi connectivity index (χ4n) is 1.04. The van der Waals surface area contributed by atoms with Crippen molar-refractivity contribution in [2.24, 2.45) is 0 Å². The summed E-state index contributed by atoms with van der Waals surface area (Å²) in [4.78, 5) is 20.2. The molecule has 0 aromatic carbocycles. The van der Waals surface area contributed by atoms with E-state index in [0.717, 1.165) is 19.3 Å². The molecule has 11 heavy (non-hydrogen) atoms. The van der Waals surface area contributed by atoms with Crippen LogP contribution in [0.5, 0.6) is 0 Å². The van der Waals surface area contributed by atoms with E-state index in [-0.39, 0.29) is 0 Å². The summed E-state index contributed by atoms with van der Waals surface area (Å²) < 4.78 is 14.3. The minimum atomic E-state index is -4.80. The molecule has 0 bridgehead atoms. The number of rotatable bonds is 2. The summed E-state index contributed by atoms with van der Waals surface area (Å²) in [6.07, 6.45) is 4.95. The van der Waals surface area contributed by atoms with E-state index in [9.17, 15) is 14.4 Å². The smallest absolute Gasteiger partial charge is 0.113 e. The van der Waals surface area contributed by atoms with Gasteiger partial charge in [-0.05, 0) is 25.3 Å². The van der Waals surface area contributed by atoms with Gasteiger partial charge < -0.3 is 18.9 Å². The zero-order valence-electron chi connectivity index (χ0n) is 5.99. The normalized spacial score (nSPS) is 19.3. The summed E-state index contributed by atoms with van der Waals surface area (Å²) in [6.45, 7) is 0. The Bertz CT molecular complexity index is 205. The average molecular weight is 176 g/mol. The SMILES string of the molecule is O=P([O-])([O-])OC1=CCCCC1. The average Bonchev–Trinajstić information content (AvgIpc) is 1.85. The Kier molecular flexibility index (Phi) is 2.71. The number of allylic oxidation sites excluding steroid dienone is 2. The van der Waals surface area contributed by atoms with E-state index in [0.29, 0.717) is 12.2 Å². The van der Waals surface area contributed by atoms with Gasteiger partial charge in [0, 0.05) is 6.42 Å². The zero-order chi connectivity index (χ0) is 8.32. The molecule has 64 valence electrons. The van der Waals surface area contributed by atoms with Crippen LogP contribution < -0.4 is 9.79 Å². The van der Waals surface area contributed by atoms with E-state index in [1.54, 1.807) is 6.08 Å². The molecular weight excluding hydrogens is 167 g/mol. The summed E-state index contributed by atoms with van der Waals surface area (Å²) in [5.74, 6) is 0.310. The molecule has 0 heterocycles. The van der Waals surface area contributed by atoms with Gasteiger partial charge in [-0.2, -0.15) is 0 Å². The van der Waals surface area contributed by atoms with Crippen molar-refractivity contribution in [1.82, 2.24) is 0 Å². The third kappa shape index (κ3) is 3.56. The van der Waals surface area contributed by atoms with Gasteiger partial charge in [-0.15, -0.1) is 0 Å². The van der Waals surface area contributed by atoms with E-state index < -0.39 is 7.82 Å². The van der Waals surface area contributed by atoms with Gasteiger partial charge in [0.2, 0.25) is 0 Å². The molecule has 5 heteroatoms. The van der Waals surface area contributed by atoms with Crippen LogP contribution in [0.3, 0.4) is 0 Å². The Balaban J connectivity index is 2.48. The maximum Gasteiger partial charge on any atom is 0.113 e. The Morgan fingerprint density at radius 3 is 2.64 bits per heavy atom. The largest absolute Gasteiger partial charge is 0.780 e. The van der Waals surface area contributed by atoms with E-state index in [2.05, 4.69) is 4.52 Å². The van der Waals surface area contributed by atoms with Gasteiger partial charge in [-0.3, -0.25) is 0 Å². The van der Waals surface area contributed by atoms with E-state index in [4.69, 9.17) is 0 Å². The highest BCUT2D eigenvalue weighted by Gasteiger charge is 2.05. The second kappa shape index (κ2) is 3.39. The molecule has 0 saturated heterocycles. The molecule has 0 saturated carbocycles. The lowest BCUT2D eigenvalue weighted by Gasteiger charge is -2.31. The summed E-state index contributed by atoms with van der Waals surface area (Å²) in [5.41, 5.74) is 0. The van der Waals surface area contributed by atoms with E-state index in [1.807, 2.05) is 0 Å². The van der Waals surface area contributed by atoms with E-state index in [1.165, 1.54) is 0 Å². The van der Waals surface area contributed by atoms with E-state index >= 15 is 0 Å². The van der Waals surface area contributed by atoms with Crippen LogP contribution in [-0.4, -0.2) is 0 Å². The van der Waals surface area contributed by atoms with Crippen molar-refractivity contribution in [2.75, 3.05) is 0 Å². The van der Waals surface area contributed by atoms with Gasteiger partial charge >= 0.3 is 0 Å². The first kappa shape index (κ1) is 8.78. The summed E-state index contributed by atoms with van der Waals surface area (Å²) >= 11 is 0. The maximum absolute atomic E-state index is 10.1. The fourth-order valence-corrected chi connectivity index (χ4v) is 1.49. The molecule has 4 nitrogen and oxygen atoms in total. The molecule has 0 aromatic heterocycles. The molecule has 1 aliphatic rings. The Labute approximate surface area is 65.1 Å². The lowest BCUT2D eigenvalue weighted by molar-refractivity contribution is -0.338. The highest BCUT2D eigenvalue weighted by atomic mass is 31.2. The zero-order valence-corrected chi connectivity index (χ0v) is 6.88. The van der Waals surface area contributed by atoms with Gasteiger partial charge in [0.1, 0.15) is 7.82 Å². The van der Waals surface area contributed by atoms with Gasteiger partial charge in [-0.25, -0.2) is 0 Å². The molecule has 0 atom stereocenters. The third-order valence-corrected chi connectivity index (χ3v) is 1.94. The second-order valence-electron chi connectivity index (χ2n) is 2.45. The van der Waals surface area contributed by atoms with Crippen LogP contribution in [0.2, 0.25) is 0 Å². The van der Waals surface area contributed by atoms with Crippen LogP contribution in [-0.2, 0) is 9.09 Å². The Morgan fingerprint density at radius 2 is 2.18 bits per heavy atom. The predicted molar refractivity (Wildman–Crippen MR) is 35.2 cm³/mol. The van der Waals surface area contributed by atoms with Gasteiger partial charge in [0.05, 0.1) is 5.76 Å². The van der Waals surface area contributed by atoms with Crippen LogP contribution in [0.15, 0.2) is 11.8 Å². The highest BCUT2D eigenvalue weighted by Crippen LogP contribution is 2.33. The topological polar surface area (TPSA) is 72.4 Å². The molecule has 0 unspecified atom stereocenters. The van der Waals surface area contributed by atoms with Crippen LogP contribution in [0, 0.1) is 0 Å². The maximum atomic E-state index is 10.1. The summed E-state index contributed by atoms with van der Waals surface area (Å²) in [6, 6.07) is 0. The molecule has 0 aliphatic heterocycles. The van der Waals surface area contributed by atoms with Crippen molar-refractivity contribution >= 4 is 7.82 Å². The molecule has 0 spiro atoms. The Hall–Kier alpha value is -0.310. The molecule has 1 rings (SSSR count). The second-order valence-corrected chi connectivity index (χ2v) is 3.53. The number of phosphoric acid groups is 1.